The Kier molecular flexibility index (Phi) is 4.47. The first-order valence-corrected chi connectivity index (χ1v) is 6.05. The predicted molar refractivity (Wildman–Crippen MR) is 70.7 cm³/mol. The maximum absolute atomic E-state index is 10.3. The number of aliphatic hydroxyl groups is 1. The van der Waals surface area contributed by atoms with E-state index in [0.29, 0.717) is 0 Å². The van der Waals surface area contributed by atoms with E-state index in [9.17, 15) is 9.90 Å². The Morgan fingerprint density at radius 1 is 1.47 bits per heavy atom. The monoisotopic (exact) mass is 234 g/mol. The Morgan fingerprint density at radius 3 is 2.65 bits per heavy atom. The van der Waals surface area contributed by atoms with Gasteiger partial charge in [0, 0.05) is 0 Å². The molecule has 0 aromatic carbocycles. The maximum atomic E-state index is 10.3. The van der Waals surface area contributed by atoms with Gasteiger partial charge in [-0.2, -0.15) is 0 Å². The van der Waals surface area contributed by atoms with Crippen molar-refractivity contribution in [1.29, 1.82) is 0 Å². The second-order valence-corrected chi connectivity index (χ2v) is 5.52. The minimum absolute atomic E-state index is 0.000289. The van der Waals surface area contributed by atoms with E-state index in [1.807, 2.05) is 13.0 Å². The van der Waals surface area contributed by atoms with Gasteiger partial charge in [0.1, 0.15) is 6.29 Å². The molecule has 0 unspecified atom stereocenters. The number of carbonyl (C=O) groups is 1. The molecule has 0 amide bonds. The van der Waals surface area contributed by atoms with Gasteiger partial charge in [-0.05, 0) is 49.3 Å². The highest BCUT2D eigenvalue weighted by atomic mass is 16.3. The molecule has 1 aliphatic carbocycles. The number of rotatable bonds is 3. The molecule has 2 heteroatoms. The van der Waals surface area contributed by atoms with Crippen LogP contribution < -0.4 is 0 Å². The molecule has 94 valence electrons. The average Bonchev–Trinajstić information content (AvgIpc) is 2.14. The van der Waals surface area contributed by atoms with Gasteiger partial charge in [-0.25, -0.2) is 0 Å². The first-order valence-electron chi connectivity index (χ1n) is 6.05. The molecule has 1 rings (SSSR count). The van der Waals surface area contributed by atoms with Gasteiger partial charge in [-0.3, -0.25) is 4.79 Å². The molecule has 0 fully saturated rings. The van der Waals surface area contributed by atoms with Gasteiger partial charge in [-0.15, -0.1) is 0 Å². The molecule has 0 aromatic rings. The lowest BCUT2D eigenvalue weighted by atomic mass is 9.71. The van der Waals surface area contributed by atoms with Gasteiger partial charge in [-0.1, -0.05) is 31.6 Å². The van der Waals surface area contributed by atoms with Crippen molar-refractivity contribution in [3.63, 3.8) is 0 Å². The summed E-state index contributed by atoms with van der Waals surface area (Å²) in [5, 5.41) is 9.78. The fourth-order valence-corrected chi connectivity index (χ4v) is 2.56. The largest absolute Gasteiger partial charge is 0.393 e. The normalized spacial score (nSPS) is 25.5. The Balaban J connectivity index is 2.98. The minimum Gasteiger partial charge on any atom is -0.393 e. The van der Waals surface area contributed by atoms with Crippen LogP contribution in [0.1, 0.15) is 40.5 Å². The molecular formula is C15H22O2. The molecule has 0 radical (unpaired) electrons. The zero-order valence-corrected chi connectivity index (χ0v) is 11.2. The molecule has 1 atom stereocenters. The number of aldehydes is 1. The Labute approximate surface area is 104 Å². The van der Waals surface area contributed by atoms with Crippen LogP contribution in [0.5, 0.6) is 0 Å². The van der Waals surface area contributed by atoms with E-state index in [-0.39, 0.29) is 11.5 Å². The molecule has 1 N–H and O–H groups in total. The van der Waals surface area contributed by atoms with Crippen LogP contribution >= 0.6 is 0 Å². The third-order valence-corrected chi connectivity index (χ3v) is 3.32. The van der Waals surface area contributed by atoms with Crippen molar-refractivity contribution in [1.82, 2.24) is 0 Å². The molecule has 0 aliphatic heterocycles. The third kappa shape index (κ3) is 3.67. The summed E-state index contributed by atoms with van der Waals surface area (Å²) in [5.74, 6) is 0. The van der Waals surface area contributed by atoms with Crippen molar-refractivity contribution >= 4 is 6.29 Å². The summed E-state index contributed by atoms with van der Waals surface area (Å²) in [6.45, 7) is 8.28. The fourth-order valence-electron chi connectivity index (χ4n) is 2.56. The highest BCUT2D eigenvalue weighted by molar-refractivity contribution is 5.67. The highest BCUT2D eigenvalue weighted by Gasteiger charge is 2.31. The number of hydrogen-bond donors (Lipinski definition) is 1. The number of allylic oxidation sites excluding steroid dienone is 5. The van der Waals surface area contributed by atoms with Gasteiger partial charge in [0.2, 0.25) is 0 Å². The number of aliphatic hydroxyl groups excluding tert-OH is 1. The van der Waals surface area contributed by atoms with Gasteiger partial charge < -0.3 is 5.11 Å². The van der Waals surface area contributed by atoms with Crippen molar-refractivity contribution in [2.24, 2.45) is 5.41 Å². The summed E-state index contributed by atoms with van der Waals surface area (Å²) in [6, 6.07) is 0. The van der Waals surface area contributed by atoms with Crippen molar-refractivity contribution in [2.45, 2.75) is 46.6 Å². The number of hydrogen-bond acceptors (Lipinski definition) is 2. The van der Waals surface area contributed by atoms with Crippen molar-refractivity contribution in [3.05, 3.63) is 34.9 Å². The summed E-state index contributed by atoms with van der Waals surface area (Å²) < 4.78 is 0. The Hall–Kier alpha value is -1.15. The van der Waals surface area contributed by atoms with Gasteiger partial charge in [0.25, 0.3) is 0 Å². The van der Waals surface area contributed by atoms with E-state index < -0.39 is 0 Å². The standard InChI is InChI=1S/C15H22O2/c1-11(7-8-16)5-6-14-12(2)9-13(17)10-15(14,3)4/h5-8,13,17H,9-10H2,1-4H3/b6-5+,11-7+/t13-/m1/s1. The van der Waals surface area contributed by atoms with Crippen LogP contribution in [0, 0.1) is 5.41 Å². The minimum atomic E-state index is -0.228. The van der Waals surface area contributed by atoms with Crippen LogP contribution in [0.2, 0.25) is 0 Å². The van der Waals surface area contributed by atoms with Crippen LogP contribution in [-0.4, -0.2) is 17.5 Å². The van der Waals surface area contributed by atoms with E-state index in [1.165, 1.54) is 11.1 Å². The van der Waals surface area contributed by atoms with E-state index in [4.69, 9.17) is 0 Å². The molecule has 0 aromatic heterocycles. The molecule has 1 aliphatic rings. The highest BCUT2D eigenvalue weighted by Crippen LogP contribution is 2.40. The lowest BCUT2D eigenvalue weighted by Crippen LogP contribution is -2.28. The molecule has 0 heterocycles. The summed E-state index contributed by atoms with van der Waals surface area (Å²) >= 11 is 0. The first-order chi connectivity index (χ1) is 7.86. The summed E-state index contributed by atoms with van der Waals surface area (Å²) in [6.07, 6.45) is 7.71. The summed E-state index contributed by atoms with van der Waals surface area (Å²) in [5.41, 5.74) is 3.47. The number of carbonyl (C=O) groups excluding carboxylic acids is 1. The second kappa shape index (κ2) is 5.46. The van der Waals surface area contributed by atoms with Gasteiger partial charge in [0.05, 0.1) is 6.10 Å². The van der Waals surface area contributed by atoms with E-state index in [1.54, 1.807) is 6.08 Å². The SMILES string of the molecule is CC1=C(/C=C/C(C)=C/C=O)C(C)(C)C[C@H](O)C1. The molecule has 0 saturated heterocycles. The van der Waals surface area contributed by atoms with Crippen LogP contribution in [0.3, 0.4) is 0 Å². The Morgan fingerprint density at radius 2 is 2.12 bits per heavy atom. The van der Waals surface area contributed by atoms with Crippen molar-refractivity contribution < 1.29 is 9.90 Å². The lowest BCUT2D eigenvalue weighted by molar-refractivity contribution is -0.104. The van der Waals surface area contributed by atoms with Crippen LogP contribution in [-0.2, 0) is 4.79 Å². The van der Waals surface area contributed by atoms with Crippen LogP contribution in [0.25, 0.3) is 0 Å². The molecule has 0 saturated carbocycles. The van der Waals surface area contributed by atoms with Crippen molar-refractivity contribution in [3.8, 4) is 0 Å². The smallest absolute Gasteiger partial charge is 0.143 e. The zero-order valence-electron chi connectivity index (χ0n) is 11.2. The predicted octanol–water partition coefficient (Wildman–Crippen LogP) is 3.19. The first kappa shape index (κ1) is 13.9. The summed E-state index contributed by atoms with van der Waals surface area (Å²) in [7, 11) is 0. The molecule has 0 spiro atoms. The van der Waals surface area contributed by atoms with Crippen LogP contribution in [0.4, 0.5) is 0 Å². The van der Waals surface area contributed by atoms with E-state index >= 15 is 0 Å². The van der Waals surface area contributed by atoms with E-state index in [0.717, 1.165) is 24.7 Å². The van der Waals surface area contributed by atoms with Gasteiger partial charge in [0.15, 0.2) is 0 Å². The Bertz CT molecular complexity index is 384. The second-order valence-electron chi connectivity index (χ2n) is 5.52. The molecular weight excluding hydrogens is 212 g/mol. The zero-order chi connectivity index (χ0) is 13.1. The molecule has 2 nitrogen and oxygen atoms in total. The topological polar surface area (TPSA) is 37.3 Å². The quantitative estimate of drug-likeness (QED) is 0.462. The van der Waals surface area contributed by atoms with Crippen molar-refractivity contribution in [2.75, 3.05) is 0 Å². The fraction of sp³-hybridized carbons (Fsp3) is 0.533. The molecule has 0 bridgehead atoms. The summed E-state index contributed by atoms with van der Waals surface area (Å²) in [4.78, 5) is 10.3. The maximum Gasteiger partial charge on any atom is 0.143 e. The van der Waals surface area contributed by atoms with E-state index in [2.05, 4.69) is 26.8 Å². The van der Waals surface area contributed by atoms with Gasteiger partial charge >= 0.3 is 0 Å². The third-order valence-electron chi connectivity index (χ3n) is 3.32. The average molecular weight is 234 g/mol. The lowest BCUT2D eigenvalue weighted by Gasteiger charge is -2.35. The van der Waals surface area contributed by atoms with Crippen LogP contribution in [0.15, 0.2) is 34.9 Å². The molecule has 17 heavy (non-hydrogen) atoms.